The Morgan fingerprint density at radius 3 is 2.45 bits per heavy atom. The molecule has 0 aliphatic heterocycles. The SMILES string of the molecule is CC(=C=O)COCCOC(=O)c1ccccc1C(=O)O. The second-order valence-corrected chi connectivity index (χ2v) is 3.92. The lowest BCUT2D eigenvalue weighted by Crippen LogP contribution is -2.14. The molecule has 0 amide bonds. The third-order valence-electron chi connectivity index (χ3n) is 2.33. The Labute approximate surface area is 115 Å². The molecule has 6 heteroatoms. The Bertz CT molecular complexity index is 542. The third kappa shape index (κ3) is 4.68. The van der Waals surface area contributed by atoms with Crippen molar-refractivity contribution in [1.29, 1.82) is 0 Å². The van der Waals surface area contributed by atoms with Gasteiger partial charge in [0, 0.05) is 5.57 Å². The number of hydrogen-bond acceptors (Lipinski definition) is 5. The topological polar surface area (TPSA) is 89.9 Å². The van der Waals surface area contributed by atoms with E-state index in [1.807, 2.05) is 0 Å². The predicted molar refractivity (Wildman–Crippen MR) is 69.4 cm³/mol. The zero-order valence-corrected chi connectivity index (χ0v) is 10.9. The standard InChI is InChI=1S/C14H14O6/c1-10(8-15)9-19-6-7-20-14(18)12-5-3-2-4-11(12)13(16)17/h2-5H,6-7,9H2,1H3,(H,16,17). The molecular weight excluding hydrogens is 264 g/mol. The van der Waals surface area contributed by atoms with Crippen molar-refractivity contribution >= 4 is 17.9 Å². The molecule has 0 aliphatic carbocycles. The fraction of sp³-hybridized carbons (Fsp3) is 0.286. The fourth-order valence-electron chi connectivity index (χ4n) is 1.37. The molecule has 0 bridgehead atoms. The van der Waals surface area contributed by atoms with Gasteiger partial charge in [-0.3, -0.25) is 0 Å². The van der Waals surface area contributed by atoms with Crippen LogP contribution in [0.2, 0.25) is 0 Å². The molecule has 6 nitrogen and oxygen atoms in total. The molecule has 1 aromatic rings. The largest absolute Gasteiger partial charge is 0.478 e. The summed E-state index contributed by atoms with van der Waals surface area (Å²) < 4.78 is 9.96. The second-order valence-electron chi connectivity index (χ2n) is 3.92. The molecule has 1 rings (SSSR count). The van der Waals surface area contributed by atoms with Gasteiger partial charge in [-0.1, -0.05) is 12.1 Å². The van der Waals surface area contributed by atoms with E-state index in [0.29, 0.717) is 5.57 Å². The van der Waals surface area contributed by atoms with Gasteiger partial charge in [-0.05, 0) is 19.1 Å². The number of carbonyl (C=O) groups excluding carboxylic acids is 2. The van der Waals surface area contributed by atoms with Gasteiger partial charge in [0.15, 0.2) is 0 Å². The van der Waals surface area contributed by atoms with E-state index in [4.69, 9.17) is 14.6 Å². The fourth-order valence-corrected chi connectivity index (χ4v) is 1.37. The Morgan fingerprint density at radius 2 is 1.85 bits per heavy atom. The van der Waals surface area contributed by atoms with Crippen LogP contribution in [0.15, 0.2) is 29.8 Å². The summed E-state index contributed by atoms with van der Waals surface area (Å²) in [6, 6.07) is 5.79. The van der Waals surface area contributed by atoms with Crippen LogP contribution in [0.1, 0.15) is 27.6 Å². The third-order valence-corrected chi connectivity index (χ3v) is 2.33. The van der Waals surface area contributed by atoms with Gasteiger partial charge in [-0.25, -0.2) is 14.4 Å². The Kier molecular flexibility index (Phi) is 6.16. The number of hydrogen-bond donors (Lipinski definition) is 1. The van der Waals surface area contributed by atoms with Crippen molar-refractivity contribution in [2.24, 2.45) is 0 Å². The van der Waals surface area contributed by atoms with E-state index in [2.05, 4.69) is 0 Å². The smallest absolute Gasteiger partial charge is 0.339 e. The lowest BCUT2D eigenvalue weighted by Gasteiger charge is -2.07. The van der Waals surface area contributed by atoms with E-state index in [1.54, 1.807) is 18.9 Å². The molecule has 0 spiro atoms. The van der Waals surface area contributed by atoms with E-state index in [1.165, 1.54) is 18.2 Å². The van der Waals surface area contributed by atoms with Gasteiger partial charge in [-0.15, -0.1) is 0 Å². The Hall–Kier alpha value is -2.43. The van der Waals surface area contributed by atoms with Crippen LogP contribution in [0.3, 0.4) is 0 Å². The maximum absolute atomic E-state index is 11.7. The van der Waals surface area contributed by atoms with Gasteiger partial charge in [0.25, 0.3) is 0 Å². The van der Waals surface area contributed by atoms with Crippen LogP contribution in [0.5, 0.6) is 0 Å². The van der Waals surface area contributed by atoms with E-state index >= 15 is 0 Å². The van der Waals surface area contributed by atoms with Gasteiger partial charge >= 0.3 is 11.9 Å². The summed E-state index contributed by atoms with van der Waals surface area (Å²) in [5.74, 6) is -0.242. The lowest BCUT2D eigenvalue weighted by molar-refractivity contribution is 0.0342. The van der Waals surface area contributed by atoms with Gasteiger partial charge in [0.2, 0.25) is 0 Å². The zero-order chi connectivity index (χ0) is 15.0. The van der Waals surface area contributed by atoms with Crippen LogP contribution < -0.4 is 0 Å². The van der Waals surface area contributed by atoms with Crippen LogP contribution in [0.25, 0.3) is 0 Å². The summed E-state index contributed by atoms with van der Waals surface area (Å²) >= 11 is 0. The molecule has 1 N–H and O–H groups in total. The summed E-state index contributed by atoms with van der Waals surface area (Å²) in [7, 11) is 0. The van der Waals surface area contributed by atoms with Crippen LogP contribution in [0.4, 0.5) is 0 Å². The number of carboxylic acids is 1. The number of benzene rings is 1. The number of ether oxygens (including phenoxy) is 2. The number of aromatic carboxylic acids is 1. The molecule has 0 heterocycles. The first-order valence-electron chi connectivity index (χ1n) is 5.84. The monoisotopic (exact) mass is 278 g/mol. The number of carbonyl (C=O) groups is 2. The van der Waals surface area contributed by atoms with Crippen LogP contribution in [-0.4, -0.2) is 42.8 Å². The molecule has 0 atom stereocenters. The Balaban J connectivity index is 2.48. The van der Waals surface area contributed by atoms with E-state index in [-0.39, 0.29) is 30.9 Å². The highest BCUT2D eigenvalue weighted by Gasteiger charge is 2.16. The van der Waals surface area contributed by atoms with Crippen molar-refractivity contribution in [2.45, 2.75) is 6.92 Å². The molecule has 0 unspecified atom stereocenters. The minimum Gasteiger partial charge on any atom is -0.478 e. The molecule has 0 saturated heterocycles. The van der Waals surface area contributed by atoms with Crippen LogP contribution in [-0.2, 0) is 14.3 Å². The predicted octanol–water partition coefficient (Wildman–Crippen LogP) is 1.34. The van der Waals surface area contributed by atoms with Crippen molar-refractivity contribution in [3.8, 4) is 0 Å². The van der Waals surface area contributed by atoms with E-state index < -0.39 is 11.9 Å². The van der Waals surface area contributed by atoms with E-state index in [0.717, 1.165) is 0 Å². The summed E-state index contributed by atoms with van der Waals surface area (Å²) in [4.78, 5) is 32.8. The number of esters is 1. The van der Waals surface area contributed by atoms with Crippen molar-refractivity contribution in [1.82, 2.24) is 0 Å². The molecule has 106 valence electrons. The highest BCUT2D eigenvalue weighted by Crippen LogP contribution is 2.10. The molecule has 0 fully saturated rings. The van der Waals surface area contributed by atoms with Gasteiger partial charge in [0.05, 0.1) is 24.3 Å². The molecular formula is C14H14O6. The summed E-state index contributed by atoms with van der Waals surface area (Å²) in [6.07, 6.45) is 0. The maximum Gasteiger partial charge on any atom is 0.339 e. The van der Waals surface area contributed by atoms with Crippen molar-refractivity contribution < 1.29 is 29.0 Å². The molecule has 0 aromatic heterocycles. The summed E-state index contributed by atoms with van der Waals surface area (Å²) in [6.45, 7) is 1.77. The lowest BCUT2D eigenvalue weighted by atomic mass is 10.1. The van der Waals surface area contributed by atoms with Crippen LogP contribution >= 0.6 is 0 Å². The van der Waals surface area contributed by atoms with Crippen molar-refractivity contribution in [3.05, 3.63) is 41.0 Å². The van der Waals surface area contributed by atoms with Gasteiger partial charge in [0.1, 0.15) is 12.5 Å². The highest BCUT2D eigenvalue weighted by molar-refractivity contribution is 6.02. The molecule has 0 saturated carbocycles. The maximum atomic E-state index is 11.7. The first-order chi connectivity index (χ1) is 9.56. The summed E-state index contributed by atoms with van der Waals surface area (Å²) in [5.41, 5.74) is 0.287. The summed E-state index contributed by atoms with van der Waals surface area (Å²) in [5, 5.41) is 8.94. The van der Waals surface area contributed by atoms with Gasteiger partial charge < -0.3 is 14.6 Å². The first-order valence-corrected chi connectivity index (χ1v) is 5.84. The first kappa shape index (κ1) is 15.6. The number of carboxylic acid groups (broad SMARTS) is 1. The molecule has 1 aromatic carbocycles. The number of rotatable bonds is 7. The van der Waals surface area contributed by atoms with Crippen molar-refractivity contribution in [3.63, 3.8) is 0 Å². The average Bonchev–Trinajstić information content (AvgIpc) is 2.46. The molecule has 0 radical (unpaired) electrons. The normalized spacial score (nSPS) is 9.65. The Morgan fingerprint density at radius 1 is 1.20 bits per heavy atom. The quantitative estimate of drug-likeness (QED) is 0.460. The average molecular weight is 278 g/mol. The molecule has 0 aliphatic rings. The zero-order valence-electron chi connectivity index (χ0n) is 10.9. The van der Waals surface area contributed by atoms with Crippen LogP contribution in [0, 0.1) is 0 Å². The van der Waals surface area contributed by atoms with E-state index in [9.17, 15) is 14.4 Å². The van der Waals surface area contributed by atoms with Gasteiger partial charge in [-0.2, -0.15) is 0 Å². The highest BCUT2D eigenvalue weighted by atomic mass is 16.6. The minimum atomic E-state index is -1.19. The molecule has 20 heavy (non-hydrogen) atoms. The minimum absolute atomic E-state index is 0.0102. The van der Waals surface area contributed by atoms with Crippen molar-refractivity contribution in [2.75, 3.05) is 19.8 Å². The second kappa shape index (κ2) is 7.89.